The van der Waals surface area contributed by atoms with E-state index in [9.17, 15) is 8.78 Å². The molecule has 1 heterocycles. The van der Waals surface area contributed by atoms with E-state index in [4.69, 9.17) is 10.5 Å². The molecule has 1 rings (SSSR count). The molecule has 0 saturated heterocycles. The maximum Gasteiger partial charge on any atom is 0.269 e. The van der Waals surface area contributed by atoms with Gasteiger partial charge in [0.15, 0.2) is 0 Å². The van der Waals surface area contributed by atoms with Crippen LogP contribution < -0.4 is 10.5 Å². The molecular weight excluding hydrogens is 318 g/mol. The Labute approximate surface area is 120 Å². The Morgan fingerprint density at radius 2 is 2.11 bits per heavy atom. The second-order valence-corrected chi connectivity index (χ2v) is 6.37. The summed E-state index contributed by atoms with van der Waals surface area (Å²) in [4.78, 5) is 3.89. The summed E-state index contributed by atoms with van der Waals surface area (Å²) < 4.78 is 31.6. The van der Waals surface area contributed by atoms with E-state index in [1.165, 1.54) is 12.3 Å². The number of nitrogens with zero attached hydrogens (tertiary/aromatic N) is 1. The predicted molar refractivity (Wildman–Crippen MR) is 74.4 cm³/mol. The highest BCUT2D eigenvalue weighted by Gasteiger charge is 2.19. The number of rotatable bonds is 6. The highest BCUT2D eigenvalue weighted by atomic mass is 79.9. The first kappa shape index (κ1) is 16.3. The summed E-state index contributed by atoms with van der Waals surface area (Å²) in [6, 6.07) is 1.32. The van der Waals surface area contributed by atoms with Crippen LogP contribution in [0.15, 0.2) is 16.7 Å². The lowest BCUT2D eigenvalue weighted by atomic mass is 9.93. The van der Waals surface area contributed by atoms with Crippen LogP contribution >= 0.6 is 15.9 Å². The van der Waals surface area contributed by atoms with Gasteiger partial charge in [0, 0.05) is 16.2 Å². The monoisotopic (exact) mass is 336 g/mol. The van der Waals surface area contributed by atoms with Gasteiger partial charge in [-0.25, -0.2) is 13.8 Å². The molecule has 2 N–H and O–H groups in total. The van der Waals surface area contributed by atoms with E-state index >= 15 is 0 Å². The number of hydrogen-bond donors (Lipinski definition) is 1. The summed E-state index contributed by atoms with van der Waals surface area (Å²) in [6.45, 7) is 6.13. The van der Waals surface area contributed by atoms with Crippen LogP contribution in [0, 0.1) is 5.92 Å². The van der Waals surface area contributed by atoms with Gasteiger partial charge in [0.05, 0.1) is 12.2 Å². The van der Waals surface area contributed by atoms with Gasteiger partial charge in [-0.05, 0) is 48.2 Å². The summed E-state index contributed by atoms with van der Waals surface area (Å²) in [5.41, 5.74) is 5.40. The van der Waals surface area contributed by atoms with Crippen LogP contribution in [0.5, 0.6) is 5.88 Å². The molecule has 0 saturated carbocycles. The molecule has 1 aromatic heterocycles. The normalized spacial score (nSPS) is 13.7. The third kappa shape index (κ3) is 5.82. The Balaban J connectivity index is 2.67. The zero-order valence-electron chi connectivity index (χ0n) is 11.3. The molecule has 0 radical (unpaired) electrons. The first-order valence-corrected chi connectivity index (χ1v) is 6.83. The molecule has 108 valence electrons. The van der Waals surface area contributed by atoms with Crippen molar-refractivity contribution in [3.8, 4) is 5.88 Å². The number of nitrogens with two attached hydrogens (primary N) is 1. The summed E-state index contributed by atoms with van der Waals surface area (Å²) in [7, 11) is 0. The van der Waals surface area contributed by atoms with Crippen molar-refractivity contribution in [2.24, 2.45) is 11.7 Å². The number of pyridine rings is 1. The van der Waals surface area contributed by atoms with Crippen molar-refractivity contribution < 1.29 is 13.5 Å². The van der Waals surface area contributed by atoms with Crippen LogP contribution in [0.3, 0.4) is 0 Å². The van der Waals surface area contributed by atoms with Gasteiger partial charge < -0.3 is 10.5 Å². The third-order valence-corrected chi connectivity index (χ3v) is 2.89. The summed E-state index contributed by atoms with van der Waals surface area (Å²) >= 11 is 3.12. The summed E-state index contributed by atoms with van der Waals surface area (Å²) in [6.07, 6.45) is -0.423. The Hall–Kier alpha value is -0.750. The van der Waals surface area contributed by atoms with Crippen molar-refractivity contribution in [1.29, 1.82) is 0 Å². The number of ether oxygens (including phenoxy) is 1. The van der Waals surface area contributed by atoms with Crippen LogP contribution in [0.1, 0.15) is 39.2 Å². The molecular formula is C13H19BrF2N2O. The van der Waals surface area contributed by atoms with Crippen molar-refractivity contribution in [3.05, 3.63) is 22.3 Å². The molecule has 0 unspecified atom stereocenters. The van der Waals surface area contributed by atoms with Crippen LogP contribution in [0.2, 0.25) is 0 Å². The first-order valence-electron chi connectivity index (χ1n) is 6.04. The van der Waals surface area contributed by atoms with E-state index in [2.05, 4.69) is 20.9 Å². The summed E-state index contributed by atoms with van der Waals surface area (Å²) in [5.74, 6) is 0.149. The van der Waals surface area contributed by atoms with Gasteiger partial charge in [0.2, 0.25) is 5.88 Å². The minimum Gasteiger partial charge on any atom is -0.477 e. The minimum atomic E-state index is -2.61. The van der Waals surface area contributed by atoms with Gasteiger partial charge in [0.1, 0.15) is 0 Å². The molecule has 0 aliphatic rings. The second-order valence-electron chi connectivity index (χ2n) is 5.46. The number of alkyl halides is 2. The fourth-order valence-electron chi connectivity index (χ4n) is 1.90. The van der Waals surface area contributed by atoms with Gasteiger partial charge in [-0.2, -0.15) is 0 Å². The number of hydrogen-bond acceptors (Lipinski definition) is 3. The van der Waals surface area contributed by atoms with Gasteiger partial charge in [-0.3, -0.25) is 0 Å². The molecule has 0 spiro atoms. The highest BCUT2D eigenvalue weighted by Crippen LogP contribution is 2.30. The smallest absolute Gasteiger partial charge is 0.269 e. The molecule has 1 atom stereocenters. The molecule has 0 bridgehead atoms. The van der Waals surface area contributed by atoms with E-state index in [1.807, 2.05) is 20.8 Å². The lowest BCUT2D eigenvalue weighted by Crippen LogP contribution is -2.35. The van der Waals surface area contributed by atoms with E-state index < -0.39 is 6.43 Å². The number of halogens is 3. The van der Waals surface area contributed by atoms with E-state index in [0.717, 1.165) is 6.42 Å². The zero-order valence-corrected chi connectivity index (χ0v) is 12.9. The van der Waals surface area contributed by atoms with E-state index in [1.54, 1.807) is 0 Å². The van der Waals surface area contributed by atoms with Crippen LogP contribution in [0.25, 0.3) is 0 Å². The second kappa shape index (κ2) is 6.61. The van der Waals surface area contributed by atoms with Crippen molar-refractivity contribution in [3.63, 3.8) is 0 Å². The maximum atomic E-state index is 12.8. The highest BCUT2D eigenvalue weighted by molar-refractivity contribution is 9.10. The van der Waals surface area contributed by atoms with Gasteiger partial charge in [-0.1, -0.05) is 6.92 Å². The van der Waals surface area contributed by atoms with Crippen molar-refractivity contribution in [2.75, 3.05) is 6.61 Å². The SMILES string of the molecule is C[C@@H](COc1ncc(Br)cc1C(F)F)CC(C)(C)N. The van der Waals surface area contributed by atoms with Gasteiger partial charge in [-0.15, -0.1) is 0 Å². The van der Waals surface area contributed by atoms with Crippen LogP contribution in [0.4, 0.5) is 8.78 Å². The van der Waals surface area contributed by atoms with Crippen molar-refractivity contribution in [2.45, 2.75) is 39.2 Å². The van der Waals surface area contributed by atoms with Gasteiger partial charge in [0.25, 0.3) is 6.43 Å². The summed E-state index contributed by atoms with van der Waals surface area (Å²) in [5, 5.41) is 0. The molecule has 19 heavy (non-hydrogen) atoms. The molecule has 3 nitrogen and oxygen atoms in total. The Morgan fingerprint density at radius 1 is 1.47 bits per heavy atom. The van der Waals surface area contributed by atoms with Gasteiger partial charge >= 0.3 is 0 Å². The molecule has 6 heteroatoms. The fraction of sp³-hybridized carbons (Fsp3) is 0.615. The molecule has 0 aliphatic carbocycles. The van der Waals surface area contributed by atoms with Crippen LogP contribution in [-0.2, 0) is 0 Å². The minimum absolute atomic E-state index is 0.0140. The lowest BCUT2D eigenvalue weighted by molar-refractivity contribution is 0.140. The maximum absolute atomic E-state index is 12.8. The molecule has 0 aromatic carbocycles. The van der Waals surface area contributed by atoms with Crippen molar-refractivity contribution in [1.82, 2.24) is 4.98 Å². The first-order chi connectivity index (χ1) is 8.69. The van der Waals surface area contributed by atoms with E-state index in [0.29, 0.717) is 11.1 Å². The average molecular weight is 337 g/mol. The Morgan fingerprint density at radius 3 is 2.63 bits per heavy atom. The van der Waals surface area contributed by atoms with Crippen molar-refractivity contribution >= 4 is 15.9 Å². The van der Waals surface area contributed by atoms with Crippen LogP contribution in [-0.4, -0.2) is 17.1 Å². The topological polar surface area (TPSA) is 48.1 Å². The molecule has 0 fully saturated rings. The standard InChI is InChI=1S/C13H19BrF2N2O/c1-8(5-13(2,3)17)7-19-12-10(11(15)16)4-9(14)6-18-12/h4,6,8,11H,5,7,17H2,1-3H3/t8-/m1/s1. The largest absolute Gasteiger partial charge is 0.477 e. The van der Waals surface area contributed by atoms with E-state index in [-0.39, 0.29) is 22.9 Å². The predicted octanol–water partition coefficient (Wildman–Crippen LogP) is 3.92. The number of aromatic nitrogens is 1. The molecule has 0 aliphatic heterocycles. The zero-order chi connectivity index (χ0) is 14.6. The quantitative estimate of drug-likeness (QED) is 0.856. The average Bonchev–Trinajstić information content (AvgIpc) is 2.24. The fourth-order valence-corrected chi connectivity index (χ4v) is 2.25. The Bertz CT molecular complexity index is 422. The molecule has 1 aromatic rings. The molecule has 0 amide bonds. The third-order valence-electron chi connectivity index (χ3n) is 2.46. The lowest BCUT2D eigenvalue weighted by Gasteiger charge is -2.23. The Kier molecular flexibility index (Phi) is 5.67.